The fourth-order valence-electron chi connectivity index (χ4n) is 3.85. The van der Waals surface area contributed by atoms with Crippen molar-refractivity contribution in [1.29, 1.82) is 0 Å². The molecule has 0 aliphatic carbocycles. The molecule has 3 aromatic rings. The van der Waals surface area contributed by atoms with Crippen LogP contribution in [0.15, 0.2) is 71.6 Å². The lowest BCUT2D eigenvalue weighted by molar-refractivity contribution is -0.114. The molecular weight excluding hydrogens is 438 g/mol. The number of amides is 2. The number of aryl methyl sites for hydroxylation is 1. The number of carbonyl (C=O) groups is 2. The van der Waals surface area contributed by atoms with Crippen LogP contribution in [0.25, 0.3) is 0 Å². The van der Waals surface area contributed by atoms with Gasteiger partial charge < -0.3 is 10.6 Å². The second-order valence-electron chi connectivity index (χ2n) is 8.05. The summed E-state index contributed by atoms with van der Waals surface area (Å²) < 4.78 is 28.0. The van der Waals surface area contributed by atoms with Gasteiger partial charge in [0, 0.05) is 37.0 Å². The largest absolute Gasteiger partial charge is 0.326 e. The Bertz CT molecular complexity index is 1330. The van der Waals surface area contributed by atoms with E-state index in [1.54, 1.807) is 30.3 Å². The Hall–Kier alpha value is -3.49. The molecule has 8 heteroatoms. The number of hydrogen-bond acceptors (Lipinski definition) is 4. The number of nitrogens with zero attached hydrogens (tertiary/aromatic N) is 1. The average Bonchev–Trinajstić information content (AvgIpc) is 2.80. The first-order valence-corrected chi connectivity index (χ1v) is 12.0. The van der Waals surface area contributed by atoms with E-state index in [0.717, 1.165) is 16.7 Å². The molecule has 0 atom stereocenters. The van der Waals surface area contributed by atoms with Crippen LogP contribution in [-0.2, 0) is 27.8 Å². The van der Waals surface area contributed by atoms with Crippen molar-refractivity contribution in [1.82, 2.24) is 4.31 Å². The van der Waals surface area contributed by atoms with Gasteiger partial charge in [-0.25, -0.2) is 8.42 Å². The van der Waals surface area contributed by atoms with Gasteiger partial charge in [-0.3, -0.25) is 9.59 Å². The summed E-state index contributed by atoms with van der Waals surface area (Å²) in [5, 5.41) is 5.50. The van der Waals surface area contributed by atoms with Crippen LogP contribution in [0.2, 0.25) is 0 Å². The number of nitrogens with one attached hydrogen (secondary N) is 2. The van der Waals surface area contributed by atoms with Gasteiger partial charge >= 0.3 is 0 Å². The van der Waals surface area contributed by atoms with Gasteiger partial charge in [-0.05, 0) is 60.4 Å². The third-order valence-electron chi connectivity index (χ3n) is 5.64. The Kier molecular flexibility index (Phi) is 6.31. The molecule has 0 fully saturated rings. The molecule has 2 N–H and O–H groups in total. The molecule has 0 bridgehead atoms. The molecule has 7 nitrogen and oxygen atoms in total. The van der Waals surface area contributed by atoms with Gasteiger partial charge in [0.25, 0.3) is 5.91 Å². The maximum Gasteiger partial charge on any atom is 0.255 e. The molecule has 4 rings (SSSR count). The third kappa shape index (κ3) is 4.97. The summed E-state index contributed by atoms with van der Waals surface area (Å²) in [7, 11) is -3.76. The molecule has 1 aliphatic rings. The molecule has 0 saturated heterocycles. The maximum absolute atomic E-state index is 13.3. The highest BCUT2D eigenvalue weighted by molar-refractivity contribution is 7.89. The van der Waals surface area contributed by atoms with E-state index in [4.69, 9.17) is 0 Å². The number of fused-ring (bicyclic) bond motifs is 1. The van der Waals surface area contributed by atoms with Crippen LogP contribution < -0.4 is 10.6 Å². The standard InChI is InChI=1S/C25H25N3O4S/c1-17-10-11-22(26-18(2)29)15-24(17)27-25(30)20-8-5-9-23(14-20)33(31,32)28-13-12-19-6-3-4-7-21(19)16-28/h3-11,14-15H,12-13,16H2,1-2H3,(H,26,29)(H,27,30). The van der Waals surface area contributed by atoms with Crippen molar-refractivity contribution in [3.05, 3.63) is 89.0 Å². The summed E-state index contributed by atoms with van der Waals surface area (Å²) >= 11 is 0. The zero-order valence-electron chi connectivity index (χ0n) is 18.5. The fourth-order valence-corrected chi connectivity index (χ4v) is 5.32. The Balaban J connectivity index is 1.56. The van der Waals surface area contributed by atoms with Crippen LogP contribution in [0.3, 0.4) is 0 Å². The van der Waals surface area contributed by atoms with Crippen molar-refractivity contribution in [3.8, 4) is 0 Å². The first-order chi connectivity index (χ1) is 15.7. The van der Waals surface area contributed by atoms with Gasteiger partial charge in [-0.2, -0.15) is 4.31 Å². The number of rotatable bonds is 5. The minimum atomic E-state index is -3.76. The van der Waals surface area contributed by atoms with Gasteiger partial charge in [-0.1, -0.05) is 36.4 Å². The van der Waals surface area contributed by atoms with E-state index >= 15 is 0 Å². The topological polar surface area (TPSA) is 95.6 Å². The molecule has 0 aromatic heterocycles. The van der Waals surface area contributed by atoms with E-state index in [2.05, 4.69) is 10.6 Å². The van der Waals surface area contributed by atoms with Gasteiger partial charge in [0.1, 0.15) is 0 Å². The van der Waals surface area contributed by atoms with E-state index in [1.165, 1.54) is 23.4 Å². The second-order valence-corrected chi connectivity index (χ2v) is 9.99. The van der Waals surface area contributed by atoms with Crippen molar-refractivity contribution >= 4 is 33.2 Å². The normalized spacial score (nSPS) is 13.8. The average molecular weight is 464 g/mol. The highest BCUT2D eigenvalue weighted by Crippen LogP contribution is 2.26. The quantitative estimate of drug-likeness (QED) is 0.599. The van der Waals surface area contributed by atoms with E-state index in [0.29, 0.717) is 30.9 Å². The molecule has 3 aromatic carbocycles. The number of carbonyl (C=O) groups excluding carboxylic acids is 2. The summed E-state index contributed by atoms with van der Waals surface area (Å²) in [6.45, 7) is 3.95. The van der Waals surface area contributed by atoms with E-state index in [9.17, 15) is 18.0 Å². The number of anilines is 2. The summed E-state index contributed by atoms with van der Waals surface area (Å²) in [6.07, 6.45) is 0.652. The Morgan fingerprint density at radius 2 is 1.67 bits per heavy atom. The molecule has 0 saturated carbocycles. The highest BCUT2D eigenvalue weighted by atomic mass is 32.2. The lowest BCUT2D eigenvalue weighted by Crippen LogP contribution is -2.36. The maximum atomic E-state index is 13.3. The summed E-state index contributed by atoms with van der Waals surface area (Å²) in [5.41, 5.74) is 4.30. The van der Waals surface area contributed by atoms with Crippen molar-refractivity contribution in [2.75, 3.05) is 17.2 Å². The second kappa shape index (κ2) is 9.17. The number of hydrogen-bond donors (Lipinski definition) is 2. The van der Waals surface area contributed by atoms with Gasteiger partial charge in [-0.15, -0.1) is 0 Å². The molecular formula is C25H25N3O4S. The van der Waals surface area contributed by atoms with E-state index in [-0.39, 0.29) is 16.4 Å². The number of benzene rings is 3. The van der Waals surface area contributed by atoms with Gasteiger partial charge in [0.2, 0.25) is 15.9 Å². The lowest BCUT2D eigenvalue weighted by Gasteiger charge is -2.28. The Morgan fingerprint density at radius 3 is 2.42 bits per heavy atom. The van der Waals surface area contributed by atoms with Crippen LogP contribution in [0.5, 0.6) is 0 Å². The molecule has 2 amide bonds. The van der Waals surface area contributed by atoms with Crippen LogP contribution in [0.1, 0.15) is 34.0 Å². The van der Waals surface area contributed by atoms with Crippen LogP contribution in [0.4, 0.5) is 11.4 Å². The molecule has 0 radical (unpaired) electrons. The molecule has 0 spiro atoms. The highest BCUT2D eigenvalue weighted by Gasteiger charge is 2.28. The van der Waals surface area contributed by atoms with Crippen molar-refractivity contribution in [2.45, 2.75) is 31.7 Å². The number of sulfonamides is 1. The van der Waals surface area contributed by atoms with Crippen LogP contribution in [0, 0.1) is 6.92 Å². The molecule has 170 valence electrons. The van der Waals surface area contributed by atoms with E-state index < -0.39 is 15.9 Å². The van der Waals surface area contributed by atoms with Crippen molar-refractivity contribution in [2.24, 2.45) is 0 Å². The van der Waals surface area contributed by atoms with Crippen LogP contribution in [-0.4, -0.2) is 31.1 Å². The molecule has 33 heavy (non-hydrogen) atoms. The predicted octanol–water partition coefficient (Wildman–Crippen LogP) is 3.95. The first kappa shape index (κ1) is 22.7. The third-order valence-corrected chi connectivity index (χ3v) is 7.48. The zero-order chi connectivity index (χ0) is 23.6. The molecule has 1 aliphatic heterocycles. The predicted molar refractivity (Wildman–Crippen MR) is 128 cm³/mol. The summed E-state index contributed by atoms with van der Waals surface area (Å²) in [4.78, 5) is 24.3. The van der Waals surface area contributed by atoms with Crippen LogP contribution >= 0.6 is 0 Å². The zero-order valence-corrected chi connectivity index (χ0v) is 19.3. The monoisotopic (exact) mass is 463 g/mol. The minimum Gasteiger partial charge on any atom is -0.326 e. The Morgan fingerprint density at radius 1 is 0.909 bits per heavy atom. The van der Waals surface area contributed by atoms with E-state index in [1.807, 2.05) is 31.2 Å². The minimum absolute atomic E-state index is 0.0817. The van der Waals surface area contributed by atoms with Crippen molar-refractivity contribution < 1.29 is 18.0 Å². The smallest absolute Gasteiger partial charge is 0.255 e. The fraction of sp³-hybridized carbons (Fsp3) is 0.200. The Labute approximate surface area is 193 Å². The molecule has 0 unspecified atom stereocenters. The summed E-state index contributed by atoms with van der Waals surface area (Å²) in [5.74, 6) is -0.645. The van der Waals surface area contributed by atoms with Gasteiger partial charge in [0.05, 0.1) is 4.90 Å². The first-order valence-electron chi connectivity index (χ1n) is 10.6. The molecule has 1 heterocycles. The lowest BCUT2D eigenvalue weighted by atomic mass is 10.0. The van der Waals surface area contributed by atoms with Gasteiger partial charge in [0.15, 0.2) is 0 Å². The SMILES string of the molecule is CC(=O)Nc1ccc(C)c(NC(=O)c2cccc(S(=O)(=O)N3CCc4ccccc4C3)c2)c1. The summed E-state index contributed by atoms with van der Waals surface area (Å²) in [6, 6.07) is 19.1. The van der Waals surface area contributed by atoms with Crippen molar-refractivity contribution in [3.63, 3.8) is 0 Å².